The minimum Gasteiger partial charge on any atom is -0.508 e. The molecule has 2 aromatic carbocycles. The third-order valence-electron chi connectivity index (χ3n) is 2.46. The van der Waals surface area contributed by atoms with E-state index >= 15 is 0 Å². The number of rotatable bonds is 3. The molecule has 0 spiro atoms. The van der Waals surface area contributed by atoms with Gasteiger partial charge in [-0.3, -0.25) is 0 Å². The van der Waals surface area contributed by atoms with Crippen LogP contribution in [0.1, 0.15) is 5.56 Å². The Morgan fingerprint density at radius 3 is 2.67 bits per heavy atom. The van der Waals surface area contributed by atoms with Crippen LogP contribution in [0.5, 0.6) is 5.75 Å². The normalized spacial score (nSPS) is 10.4. The van der Waals surface area contributed by atoms with E-state index in [4.69, 9.17) is 23.2 Å². The molecule has 94 valence electrons. The lowest BCUT2D eigenvalue weighted by molar-refractivity contribution is 0.469. The number of hydrogen-bond acceptors (Lipinski definition) is 2. The Labute approximate surface area is 114 Å². The van der Waals surface area contributed by atoms with Gasteiger partial charge in [-0.15, -0.1) is 0 Å². The first-order valence-corrected chi connectivity index (χ1v) is 5.99. The van der Waals surface area contributed by atoms with E-state index in [-0.39, 0.29) is 23.0 Å². The molecule has 0 aromatic heterocycles. The van der Waals surface area contributed by atoms with Crippen molar-refractivity contribution in [2.75, 3.05) is 5.32 Å². The summed E-state index contributed by atoms with van der Waals surface area (Å²) in [5.74, 6) is -0.344. The Balaban J connectivity index is 2.19. The fraction of sp³-hybridized carbons (Fsp3) is 0.0769. The minimum absolute atomic E-state index is 0.0966. The lowest BCUT2D eigenvalue weighted by Crippen LogP contribution is -2.02. The summed E-state index contributed by atoms with van der Waals surface area (Å²) in [6, 6.07) is 9.11. The molecular weight excluding hydrogens is 276 g/mol. The van der Waals surface area contributed by atoms with Gasteiger partial charge in [-0.05, 0) is 30.3 Å². The van der Waals surface area contributed by atoms with Crippen LogP contribution in [0.4, 0.5) is 10.1 Å². The fourth-order valence-electron chi connectivity index (χ4n) is 1.55. The molecule has 0 unspecified atom stereocenters. The molecule has 2 aromatic rings. The zero-order valence-corrected chi connectivity index (χ0v) is 10.8. The van der Waals surface area contributed by atoms with E-state index in [0.717, 1.165) is 0 Å². The summed E-state index contributed by atoms with van der Waals surface area (Å²) in [4.78, 5) is 0. The molecule has 18 heavy (non-hydrogen) atoms. The topological polar surface area (TPSA) is 32.3 Å². The predicted molar refractivity (Wildman–Crippen MR) is 71.9 cm³/mol. The third kappa shape index (κ3) is 2.86. The number of anilines is 1. The number of phenols is 1. The summed E-state index contributed by atoms with van der Waals surface area (Å²) in [5.41, 5.74) is 0.778. The number of hydrogen-bond donors (Lipinski definition) is 2. The molecule has 2 nitrogen and oxygen atoms in total. The largest absolute Gasteiger partial charge is 0.508 e. The summed E-state index contributed by atoms with van der Waals surface area (Å²) in [6.07, 6.45) is 0. The van der Waals surface area contributed by atoms with E-state index in [1.54, 1.807) is 18.2 Å². The van der Waals surface area contributed by atoms with Crippen molar-refractivity contribution in [1.29, 1.82) is 0 Å². The van der Waals surface area contributed by atoms with E-state index in [9.17, 15) is 9.50 Å². The first-order chi connectivity index (χ1) is 8.58. The molecule has 0 saturated carbocycles. The monoisotopic (exact) mass is 285 g/mol. The highest BCUT2D eigenvalue weighted by atomic mass is 35.5. The summed E-state index contributed by atoms with van der Waals surface area (Å²) in [6.45, 7) is 0.229. The Hall–Kier alpha value is -1.45. The average molecular weight is 286 g/mol. The second-order valence-corrected chi connectivity index (χ2v) is 4.57. The molecular formula is C13H10Cl2FNO. The first kappa shape index (κ1) is 13.0. The van der Waals surface area contributed by atoms with Crippen LogP contribution >= 0.6 is 23.2 Å². The van der Waals surface area contributed by atoms with Crippen molar-refractivity contribution in [2.45, 2.75) is 6.54 Å². The molecule has 0 atom stereocenters. The molecule has 5 heteroatoms. The lowest BCUT2D eigenvalue weighted by Gasteiger charge is -2.10. The van der Waals surface area contributed by atoms with Crippen LogP contribution in [0, 0.1) is 5.82 Å². The van der Waals surface area contributed by atoms with Crippen LogP contribution in [0.2, 0.25) is 10.0 Å². The average Bonchev–Trinajstić information content (AvgIpc) is 2.33. The highest BCUT2D eigenvalue weighted by Crippen LogP contribution is 2.27. The van der Waals surface area contributed by atoms with E-state index in [1.165, 1.54) is 18.2 Å². The third-order valence-corrected chi connectivity index (χ3v) is 3.01. The zero-order valence-electron chi connectivity index (χ0n) is 9.25. The smallest absolute Gasteiger partial charge is 0.147 e. The zero-order chi connectivity index (χ0) is 13.1. The first-order valence-electron chi connectivity index (χ1n) is 5.23. The molecule has 0 radical (unpaired) electrons. The molecule has 0 fully saturated rings. The Morgan fingerprint density at radius 1 is 1.17 bits per heavy atom. The van der Waals surface area contributed by atoms with Gasteiger partial charge in [0.05, 0.1) is 10.7 Å². The quantitative estimate of drug-likeness (QED) is 0.873. The second kappa shape index (κ2) is 5.46. The number of aromatic hydroxyl groups is 1. The number of nitrogens with one attached hydrogen (secondary N) is 1. The van der Waals surface area contributed by atoms with Gasteiger partial charge in [-0.1, -0.05) is 29.3 Å². The number of halogens is 3. The molecule has 0 aliphatic heterocycles. The lowest BCUT2D eigenvalue weighted by atomic mass is 10.2. The van der Waals surface area contributed by atoms with Gasteiger partial charge in [0.1, 0.15) is 11.6 Å². The summed E-state index contributed by atoms with van der Waals surface area (Å²) >= 11 is 11.7. The van der Waals surface area contributed by atoms with Crippen LogP contribution in [0.15, 0.2) is 36.4 Å². The molecule has 2 N–H and O–H groups in total. The van der Waals surface area contributed by atoms with E-state index < -0.39 is 5.82 Å². The van der Waals surface area contributed by atoms with Gasteiger partial charge in [0.2, 0.25) is 0 Å². The van der Waals surface area contributed by atoms with Gasteiger partial charge in [0.25, 0.3) is 0 Å². The second-order valence-electron chi connectivity index (χ2n) is 3.72. The SMILES string of the molecule is Oc1ccc(Cl)cc1CNc1c(F)cccc1Cl. The Kier molecular flexibility index (Phi) is 3.94. The molecule has 0 aliphatic carbocycles. The summed E-state index contributed by atoms with van der Waals surface area (Å²) in [7, 11) is 0. The Morgan fingerprint density at radius 2 is 1.94 bits per heavy atom. The van der Waals surface area contributed by atoms with Crippen molar-refractivity contribution in [1.82, 2.24) is 0 Å². The van der Waals surface area contributed by atoms with Crippen molar-refractivity contribution in [2.24, 2.45) is 0 Å². The van der Waals surface area contributed by atoms with Crippen molar-refractivity contribution >= 4 is 28.9 Å². The van der Waals surface area contributed by atoms with Crippen LogP contribution in [-0.4, -0.2) is 5.11 Å². The standard InChI is InChI=1S/C13H10Cl2FNO/c14-9-4-5-12(18)8(6-9)7-17-13-10(15)2-1-3-11(13)16/h1-6,17-18H,7H2. The number of phenolic OH excluding ortho intramolecular Hbond substituents is 1. The van der Waals surface area contributed by atoms with Crippen molar-refractivity contribution < 1.29 is 9.50 Å². The fourth-order valence-corrected chi connectivity index (χ4v) is 1.97. The van der Waals surface area contributed by atoms with Gasteiger partial charge in [0, 0.05) is 17.1 Å². The Bertz CT molecular complexity index is 555. The minimum atomic E-state index is -0.441. The van der Waals surface area contributed by atoms with Crippen molar-refractivity contribution in [3.05, 3.63) is 57.8 Å². The molecule has 0 aliphatic rings. The maximum absolute atomic E-state index is 13.5. The maximum atomic E-state index is 13.5. The van der Waals surface area contributed by atoms with Crippen LogP contribution in [0.25, 0.3) is 0 Å². The predicted octanol–water partition coefficient (Wildman–Crippen LogP) is 4.45. The van der Waals surface area contributed by atoms with Gasteiger partial charge in [-0.2, -0.15) is 0 Å². The van der Waals surface area contributed by atoms with Gasteiger partial charge in [0.15, 0.2) is 0 Å². The van der Waals surface area contributed by atoms with Crippen LogP contribution in [-0.2, 0) is 6.54 Å². The van der Waals surface area contributed by atoms with Crippen molar-refractivity contribution in [3.8, 4) is 5.75 Å². The summed E-state index contributed by atoms with van der Waals surface area (Å²) in [5, 5.41) is 13.3. The highest BCUT2D eigenvalue weighted by Gasteiger charge is 2.08. The van der Waals surface area contributed by atoms with Crippen molar-refractivity contribution in [3.63, 3.8) is 0 Å². The molecule has 0 heterocycles. The van der Waals surface area contributed by atoms with E-state index in [2.05, 4.69) is 5.32 Å². The molecule has 0 saturated heterocycles. The summed E-state index contributed by atoms with van der Waals surface area (Å²) < 4.78 is 13.5. The highest BCUT2D eigenvalue weighted by molar-refractivity contribution is 6.33. The van der Waals surface area contributed by atoms with E-state index in [1.807, 2.05) is 0 Å². The molecule has 0 bridgehead atoms. The van der Waals surface area contributed by atoms with E-state index in [0.29, 0.717) is 10.6 Å². The molecule has 0 amide bonds. The number of benzene rings is 2. The van der Waals surface area contributed by atoms with Gasteiger partial charge < -0.3 is 10.4 Å². The van der Waals surface area contributed by atoms with Crippen LogP contribution in [0.3, 0.4) is 0 Å². The van der Waals surface area contributed by atoms with Gasteiger partial charge in [-0.25, -0.2) is 4.39 Å². The number of para-hydroxylation sites is 1. The van der Waals surface area contributed by atoms with Crippen LogP contribution < -0.4 is 5.32 Å². The maximum Gasteiger partial charge on any atom is 0.147 e. The molecule has 2 rings (SSSR count). The van der Waals surface area contributed by atoms with Gasteiger partial charge >= 0.3 is 0 Å².